The summed E-state index contributed by atoms with van der Waals surface area (Å²) in [4.78, 5) is 26.2. The first-order valence-electron chi connectivity index (χ1n) is 18.2. The van der Waals surface area contributed by atoms with Crippen LogP contribution < -0.4 is 21.6 Å². The van der Waals surface area contributed by atoms with E-state index >= 15 is 0 Å². The molecule has 2 saturated carbocycles. The van der Waals surface area contributed by atoms with E-state index in [9.17, 15) is 4.79 Å². The standard InChI is InChI=1S/C36H58N4O3/c1-2-36(29-17-13-9-5-3-6-10-14-18-29)39-33(40-43-36)28-19-21-30-27(25-28)20-22-31(30)38-34(41)32-35(26-37-42-32)23-15-11-7-4-8-12-16-24-35/h19,21,25,29,31-33,37,39-40H,2-18,20,22-24,26H2,1H3,(H,38,41)/t31-,32?,33?,36?/m1/s1. The lowest BCUT2D eigenvalue weighted by Crippen LogP contribution is -2.48. The summed E-state index contributed by atoms with van der Waals surface area (Å²) in [6, 6.07) is 6.86. The Kier molecular flexibility index (Phi) is 10.8. The van der Waals surface area contributed by atoms with E-state index in [4.69, 9.17) is 9.68 Å². The fourth-order valence-electron chi connectivity index (χ4n) is 8.99. The smallest absolute Gasteiger partial charge is 0.252 e. The minimum absolute atomic E-state index is 0.0141. The highest BCUT2D eigenvalue weighted by atomic mass is 16.7. The van der Waals surface area contributed by atoms with Crippen molar-refractivity contribution in [3.8, 4) is 0 Å². The zero-order valence-corrected chi connectivity index (χ0v) is 26.8. The Morgan fingerprint density at radius 2 is 1.53 bits per heavy atom. The van der Waals surface area contributed by atoms with Crippen LogP contribution in [0, 0.1) is 11.3 Å². The molecule has 3 aliphatic carbocycles. The maximum atomic E-state index is 13.7. The molecule has 2 aliphatic heterocycles. The van der Waals surface area contributed by atoms with Crippen LogP contribution >= 0.6 is 0 Å². The third kappa shape index (κ3) is 7.17. The number of carbonyl (C=O) groups excluding carboxylic acids is 1. The molecular formula is C36H58N4O3. The quantitative estimate of drug-likeness (QED) is 0.281. The molecule has 1 spiro atoms. The summed E-state index contributed by atoms with van der Waals surface area (Å²) < 4.78 is 0. The van der Waals surface area contributed by atoms with Crippen LogP contribution in [0.5, 0.6) is 0 Å². The van der Waals surface area contributed by atoms with Crippen LogP contribution in [0.1, 0.15) is 164 Å². The molecular weight excluding hydrogens is 536 g/mol. The van der Waals surface area contributed by atoms with Crippen molar-refractivity contribution in [1.29, 1.82) is 0 Å². The fraction of sp³-hybridized carbons (Fsp3) is 0.806. The van der Waals surface area contributed by atoms with Crippen LogP contribution in [0.25, 0.3) is 0 Å². The van der Waals surface area contributed by atoms with Crippen molar-refractivity contribution in [3.05, 3.63) is 34.9 Å². The third-order valence-corrected chi connectivity index (χ3v) is 11.7. The fourth-order valence-corrected chi connectivity index (χ4v) is 8.99. The monoisotopic (exact) mass is 594 g/mol. The number of carbonyl (C=O) groups is 1. The molecule has 7 heteroatoms. The van der Waals surface area contributed by atoms with Gasteiger partial charge in [0.25, 0.3) is 5.91 Å². The molecule has 240 valence electrons. The third-order valence-electron chi connectivity index (χ3n) is 11.7. The highest BCUT2D eigenvalue weighted by Gasteiger charge is 2.49. The van der Waals surface area contributed by atoms with Gasteiger partial charge in [0.1, 0.15) is 11.9 Å². The van der Waals surface area contributed by atoms with Crippen LogP contribution in [0.2, 0.25) is 0 Å². The van der Waals surface area contributed by atoms with Crippen LogP contribution in [0.4, 0.5) is 0 Å². The van der Waals surface area contributed by atoms with Crippen molar-refractivity contribution in [1.82, 2.24) is 21.6 Å². The lowest BCUT2D eigenvalue weighted by Gasteiger charge is -2.36. The highest BCUT2D eigenvalue weighted by Crippen LogP contribution is 2.42. The van der Waals surface area contributed by atoms with Gasteiger partial charge in [0.15, 0.2) is 6.10 Å². The lowest BCUT2D eigenvalue weighted by molar-refractivity contribution is -0.139. The molecule has 5 aliphatic rings. The minimum Gasteiger partial charge on any atom is -0.347 e. The summed E-state index contributed by atoms with van der Waals surface area (Å²) in [6.45, 7) is 3.05. The van der Waals surface area contributed by atoms with E-state index in [1.165, 1.54) is 119 Å². The number of amides is 1. The van der Waals surface area contributed by atoms with E-state index in [0.29, 0.717) is 5.92 Å². The zero-order chi connectivity index (χ0) is 29.5. The topological polar surface area (TPSA) is 83.7 Å². The van der Waals surface area contributed by atoms with Gasteiger partial charge in [-0.25, -0.2) is 5.48 Å². The summed E-state index contributed by atoms with van der Waals surface area (Å²) in [5.41, 5.74) is 9.99. The van der Waals surface area contributed by atoms with Crippen LogP contribution in [0.3, 0.4) is 0 Å². The Morgan fingerprint density at radius 1 is 0.884 bits per heavy atom. The van der Waals surface area contributed by atoms with Gasteiger partial charge in [-0.15, -0.1) is 0 Å². The average molecular weight is 595 g/mol. The first-order chi connectivity index (χ1) is 21.1. The van der Waals surface area contributed by atoms with Gasteiger partial charge in [-0.05, 0) is 61.6 Å². The van der Waals surface area contributed by atoms with E-state index in [2.05, 4.69) is 46.7 Å². The second kappa shape index (κ2) is 14.7. The molecule has 1 amide bonds. The second-order valence-electron chi connectivity index (χ2n) is 14.5. The second-order valence-corrected chi connectivity index (χ2v) is 14.5. The van der Waals surface area contributed by atoms with E-state index in [1.807, 2.05) is 0 Å². The summed E-state index contributed by atoms with van der Waals surface area (Å²) in [5, 5.41) is 7.35. The first kappa shape index (κ1) is 31.5. The van der Waals surface area contributed by atoms with Crippen LogP contribution in [-0.2, 0) is 20.9 Å². The van der Waals surface area contributed by atoms with E-state index < -0.39 is 6.10 Å². The molecule has 3 unspecified atom stereocenters. The Morgan fingerprint density at radius 3 is 2.21 bits per heavy atom. The van der Waals surface area contributed by atoms with Crippen molar-refractivity contribution >= 4 is 5.91 Å². The van der Waals surface area contributed by atoms with E-state index in [0.717, 1.165) is 38.6 Å². The summed E-state index contributed by atoms with van der Waals surface area (Å²) in [6.07, 6.45) is 25.5. The molecule has 6 rings (SSSR count). The van der Waals surface area contributed by atoms with Gasteiger partial charge < -0.3 is 5.32 Å². The van der Waals surface area contributed by atoms with Gasteiger partial charge >= 0.3 is 0 Å². The molecule has 1 aromatic rings. The molecule has 0 radical (unpaired) electrons. The van der Waals surface area contributed by atoms with Crippen molar-refractivity contribution < 1.29 is 14.5 Å². The lowest BCUT2D eigenvalue weighted by atomic mass is 9.73. The van der Waals surface area contributed by atoms with Crippen molar-refractivity contribution in [3.63, 3.8) is 0 Å². The van der Waals surface area contributed by atoms with Gasteiger partial charge in [-0.3, -0.25) is 19.8 Å². The predicted molar refractivity (Wildman–Crippen MR) is 171 cm³/mol. The van der Waals surface area contributed by atoms with Gasteiger partial charge in [0, 0.05) is 17.9 Å². The maximum absolute atomic E-state index is 13.7. The molecule has 4 fully saturated rings. The van der Waals surface area contributed by atoms with Crippen LogP contribution in [0.15, 0.2) is 18.2 Å². The molecule has 2 heterocycles. The van der Waals surface area contributed by atoms with Crippen molar-refractivity contribution in [2.45, 2.75) is 166 Å². The number of hydroxylamine groups is 2. The molecule has 1 aromatic carbocycles. The zero-order valence-electron chi connectivity index (χ0n) is 26.8. The number of hydrogen-bond acceptors (Lipinski definition) is 6. The Hall–Kier alpha value is -1.51. The SMILES string of the molecule is CCC1(C2CCCCCCCCC2)NC(c2ccc3c(c2)CC[C@H]3NC(=O)C2ONCC23CCCCCCCCC3)NO1. The summed E-state index contributed by atoms with van der Waals surface area (Å²) in [7, 11) is 0. The van der Waals surface area contributed by atoms with Crippen LogP contribution in [-0.4, -0.2) is 24.3 Å². The molecule has 7 nitrogen and oxygen atoms in total. The number of hydrogen-bond donors (Lipinski definition) is 4. The number of rotatable bonds is 5. The number of fused-ring (bicyclic) bond motifs is 1. The van der Waals surface area contributed by atoms with E-state index in [1.54, 1.807) is 0 Å². The molecule has 4 atom stereocenters. The molecule has 0 aromatic heterocycles. The Balaban J connectivity index is 1.09. The Bertz CT molecular complexity index is 1040. The summed E-state index contributed by atoms with van der Waals surface area (Å²) >= 11 is 0. The van der Waals surface area contributed by atoms with Crippen molar-refractivity contribution in [2.24, 2.45) is 11.3 Å². The highest BCUT2D eigenvalue weighted by molar-refractivity contribution is 5.82. The molecule has 0 bridgehead atoms. The first-order valence-corrected chi connectivity index (χ1v) is 18.2. The molecule has 4 N–H and O–H groups in total. The Labute approximate surface area is 260 Å². The largest absolute Gasteiger partial charge is 0.347 e. The maximum Gasteiger partial charge on any atom is 0.252 e. The van der Waals surface area contributed by atoms with Gasteiger partial charge in [0.2, 0.25) is 0 Å². The molecule has 2 saturated heterocycles. The van der Waals surface area contributed by atoms with E-state index in [-0.39, 0.29) is 29.3 Å². The van der Waals surface area contributed by atoms with Gasteiger partial charge in [0.05, 0.1) is 6.04 Å². The van der Waals surface area contributed by atoms with Gasteiger partial charge in [-0.2, -0.15) is 5.48 Å². The predicted octanol–water partition coefficient (Wildman–Crippen LogP) is 7.57. The average Bonchev–Trinajstić information content (AvgIpc) is 3.77. The van der Waals surface area contributed by atoms with Crippen molar-refractivity contribution in [2.75, 3.05) is 6.54 Å². The number of benzene rings is 1. The summed E-state index contributed by atoms with van der Waals surface area (Å²) in [5.74, 6) is 0.597. The minimum atomic E-state index is -0.400. The molecule has 43 heavy (non-hydrogen) atoms. The normalized spacial score (nSPS) is 32.8. The van der Waals surface area contributed by atoms with Gasteiger partial charge in [-0.1, -0.05) is 115 Å². The number of nitrogens with one attached hydrogen (secondary N) is 4. The number of aryl methyl sites for hydroxylation is 1.